The predicted molar refractivity (Wildman–Crippen MR) is 83.8 cm³/mol. The highest BCUT2D eigenvalue weighted by atomic mass is 79.9. The van der Waals surface area contributed by atoms with Crippen molar-refractivity contribution in [3.05, 3.63) is 71.8 Å². The van der Waals surface area contributed by atoms with Gasteiger partial charge in [0.25, 0.3) is 0 Å². The van der Waals surface area contributed by atoms with Gasteiger partial charge in [0.05, 0.1) is 10.9 Å². The van der Waals surface area contributed by atoms with E-state index in [4.69, 9.17) is 0 Å². The van der Waals surface area contributed by atoms with Crippen LogP contribution in [0.25, 0.3) is 0 Å². The summed E-state index contributed by atoms with van der Waals surface area (Å²) in [6.07, 6.45) is 0.870. The maximum absolute atomic E-state index is 12.4. The highest BCUT2D eigenvalue weighted by Gasteiger charge is 2.35. The Kier molecular flexibility index (Phi) is 3.88. The second kappa shape index (κ2) is 5.80. The van der Waals surface area contributed by atoms with Crippen LogP contribution in [-0.2, 0) is 4.79 Å². The number of rotatable bonds is 3. The van der Waals surface area contributed by atoms with E-state index in [1.165, 1.54) is 0 Å². The summed E-state index contributed by atoms with van der Waals surface area (Å²) in [6, 6.07) is 20.5. The molecule has 0 aromatic heterocycles. The fourth-order valence-corrected chi connectivity index (χ4v) is 3.21. The Hall–Kier alpha value is -1.61. The summed E-state index contributed by atoms with van der Waals surface area (Å²) in [4.78, 5) is 14.3. The van der Waals surface area contributed by atoms with Crippen LogP contribution in [0.3, 0.4) is 0 Å². The molecule has 20 heavy (non-hydrogen) atoms. The zero-order valence-corrected chi connectivity index (χ0v) is 12.7. The molecule has 1 saturated heterocycles. The Labute approximate surface area is 127 Å². The zero-order chi connectivity index (χ0) is 13.9. The summed E-state index contributed by atoms with van der Waals surface area (Å²) in [5.74, 6) is 0.183. The van der Waals surface area contributed by atoms with Gasteiger partial charge in [0, 0.05) is 6.54 Å². The number of benzene rings is 2. The third kappa shape index (κ3) is 2.50. The lowest BCUT2D eigenvalue weighted by atomic mass is 9.97. The van der Waals surface area contributed by atoms with Gasteiger partial charge in [0.1, 0.15) is 0 Å². The molecule has 0 spiro atoms. The van der Waals surface area contributed by atoms with Gasteiger partial charge in [0.2, 0.25) is 5.91 Å². The summed E-state index contributed by atoms with van der Waals surface area (Å²) in [5, 5.41) is 0. The molecular weight excluding hydrogens is 314 g/mol. The molecule has 1 aliphatic heterocycles. The summed E-state index contributed by atoms with van der Waals surface area (Å²) in [5.41, 5.74) is 2.32. The van der Waals surface area contributed by atoms with E-state index < -0.39 is 0 Å². The van der Waals surface area contributed by atoms with Crippen molar-refractivity contribution in [2.75, 3.05) is 6.54 Å². The molecule has 0 aliphatic carbocycles. The van der Waals surface area contributed by atoms with E-state index in [0.717, 1.165) is 24.1 Å². The lowest BCUT2D eigenvalue weighted by Crippen LogP contribution is -2.32. The van der Waals surface area contributed by atoms with Crippen LogP contribution in [0.5, 0.6) is 0 Å². The SMILES string of the molecule is O=C1C(Br)CCN1C(c1ccccc1)c1ccccc1. The number of nitrogens with zero attached hydrogens (tertiary/aromatic N) is 1. The zero-order valence-electron chi connectivity index (χ0n) is 11.1. The van der Waals surface area contributed by atoms with E-state index in [1.807, 2.05) is 41.3 Å². The molecule has 2 nitrogen and oxygen atoms in total. The third-order valence-electron chi connectivity index (χ3n) is 3.72. The van der Waals surface area contributed by atoms with Crippen molar-refractivity contribution in [2.24, 2.45) is 0 Å². The predicted octanol–water partition coefficient (Wildman–Crippen LogP) is 3.77. The van der Waals surface area contributed by atoms with Gasteiger partial charge >= 0.3 is 0 Å². The average molecular weight is 330 g/mol. The molecule has 1 heterocycles. The van der Waals surface area contributed by atoms with E-state index in [9.17, 15) is 4.79 Å². The number of carbonyl (C=O) groups is 1. The second-order valence-electron chi connectivity index (χ2n) is 5.01. The number of halogens is 1. The molecular formula is C17H16BrNO. The van der Waals surface area contributed by atoms with Gasteiger partial charge < -0.3 is 4.90 Å². The summed E-state index contributed by atoms with van der Waals surface area (Å²) in [6.45, 7) is 0.795. The van der Waals surface area contributed by atoms with Crippen LogP contribution in [0.2, 0.25) is 0 Å². The Bertz CT molecular complexity index is 545. The lowest BCUT2D eigenvalue weighted by Gasteiger charge is -2.29. The van der Waals surface area contributed by atoms with Gasteiger partial charge in [0.15, 0.2) is 0 Å². The highest BCUT2D eigenvalue weighted by molar-refractivity contribution is 9.10. The standard InChI is InChI=1S/C17H16BrNO/c18-15-11-12-19(17(15)20)16(13-7-3-1-4-8-13)14-9-5-2-6-10-14/h1-10,15-16H,11-12H2. The van der Waals surface area contributed by atoms with Crippen molar-refractivity contribution in [1.29, 1.82) is 0 Å². The Balaban J connectivity index is 2.03. The molecule has 102 valence electrons. The molecule has 2 aromatic rings. The second-order valence-corrected chi connectivity index (χ2v) is 6.12. The first kappa shape index (κ1) is 13.4. The minimum absolute atomic E-state index is 0.00690. The number of alkyl halides is 1. The molecule has 0 saturated carbocycles. The number of carbonyl (C=O) groups excluding carboxylic acids is 1. The van der Waals surface area contributed by atoms with Crippen molar-refractivity contribution in [2.45, 2.75) is 17.3 Å². The van der Waals surface area contributed by atoms with Gasteiger partial charge in [-0.05, 0) is 17.5 Å². The van der Waals surface area contributed by atoms with Gasteiger partial charge in [-0.25, -0.2) is 0 Å². The van der Waals surface area contributed by atoms with Crippen LogP contribution in [0.1, 0.15) is 23.6 Å². The van der Waals surface area contributed by atoms with Crippen LogP contribution in [0, 0.1) is 0 Å². The first-order valence-electron chi connectivity index (χ1n) is 6.82. The molecule has 0 bridgehead atoms. The summed E-state index contributed by atoms with van der Waals surface area (Å²) in [7, 11) is 0. The molecule has 1 fully saturated rings. The van der Waals surface area contributed by atoms with Crippen LogP contribution in [-0.4, -0.2) is 22.2 Å². The largest absolute Gasteiger partial charge is 0.331 e. The lowest BCUT2D eigenvalue weighted by molar-refractivity contribution is -0.128. The highest BCUT2D eigenvalue weighted by Crippen LogP contribution is 2.33. The molecule has 2 aromatic carbocycles. The quantitative estimate of drug-likeness (QED) is 0.785. The maximum atomic E-state index is 12.4. The maximum Gasteiger partial charge on any atom is 0.237 e. The van der Waals surface area contributed by atoms with Gasteiger partial charge in [-0.15, -0.1) is 0 Å². The Morgan fingerprint density at radius 1 is 0.950 bits per heavy atom. The molecule has 1 atom stereocenters. The normalized spacial score (nSPS) is 18.8. The van der Waals surface area contributed by atoms with E-state index in [0.29, 0.717) is 0 Å². The number of likely N-dealkylation sites (tertiary alicyclic amines) is 1. The average Bonchev–Trinajstić information content (AvgIpc) is 2.82. The van der Waals surface area contributed by atoms with Crippen molar-refractivity contribution in [3.8, 4) is 0 Å². The molecule has 3 rings (SSSR count). The van der Waals surface area contributed by atoms with Gasteiger partial charge in [-0.3, -0.25) is 4.79 Å². The van der Waals surface area contributed by atoms with Crippen LogP contribution in [0.15, 0.2) is 60.7 Å². The van der Waals surface area contributed by atoms with Gasteiger partial charge in [-0.2, -0.15) is 0 Å². The minimum atomic E-state index is -0.0441. The third-order valence-corrected chi connectivity index (χ3v) is 4.57. The minimum Gasteiger partial charge on any atom is -0.331 e. The summed E-state index contributed by atoms with van der Waals surface area (Å²) < 4.78 is 0. The van der Waals surface area contributed by atoms with E-state index >= 15 is 0 Å². The molecule has 0 radical (unpaired) electrons. The van der Waals surface area contributed by atoms with Crippen molar-refractivity contribution < 1.29 is 4.79 Å². The van der Waals surface area contributed by atoms with Crippen LogP contribution < -0.4 is 0 Å². The first-order chi connectivity index (χ1) is 9.77. The van der Waals surface area contributed by atoms with Gasteiger partial charge in [-0.1, -0.05) is 76.6 Å². The Morgan fingerprint density at radius 3 is 1.85 bits per heavy atom. The summed E-state index contributed by atoms with van der Waals surface area (Å²) >= 11 is 3.47. The van der Waals surface area contributed by atoms with Crippen LogP contribution >= 0.6 is 15.9 Å². The fraction of sp³-hybridized carbons (Fsp3) is 0.235. The number of hydrogen-bond donors (Lipinski definition) is 0. The first-order valence-corrected chi connectivity index (χ1v) is 7.73. The molecule has 0 N–H and O–H groups in total. The molecule has 3 heteroatoms. The monoisotopic (exact) mass is 329 g/mol. The van der Waals surface area contributed by atoms with Crippen molar-refractivity contribution >= 4 is 21.8 Å². The number of amides is 1. The van der Waals surface area contributed by atoms with E-state index in [2.05, 4.69) is 40.2 Å². The molecule has 1 amide bonds. The van der Waals surface area contributed by atoms with E-state index in [-0.39, 0.29) is 16.8 Å². The number of hydrogen-bond acceptors (Lipinski definition) is 1. The Morgan fingerprint density at radius 2 is 1.45 bits per heavy atom. The topological polar surface area (TPSA) is 20.3 Å². The molecule has 1 unspecified atom stereocenters. The van der Waals surface area contributed by atoms with E-state index in [1.54, 1.807) is 0 Å². The molecule has 1 aliphatic rings. The fourth-order valence-electron chi connectivity index (χ4n) is 2.75. The van der Waals surface area contributed by atoms with Crippen molar-refractivity contribution in [1.82, 2.24) is 4.90 Å². The smallest absolute Gasteiger partial charge is 0.237 e. The van der Waals surface area contributed by atoms with Crippen LogP contribution in [0.4, 0.5) is 0 Å². The van der Waals surface area contributed by atoms with Crippen molar-refractivity contribution in [3.63, 3.8) is 0 Å².